The van der Waals surface area contributed by atoms with Gasteiger partial charge in [-0.05, 0) is 0 Å². The molecule has 5 atom stereocenters. The lowest BCUT2D eigenvalue weighted by Gasteiger charge is -2.40. The van der Waals surface area contributed by atoms with Gasteiger partial charge in [-0.3, -0.25) is 4.79 Å². The highest BCUT2D eigenvalue weighted by Crippen LogP contribution is 2.19. The lowest BCUT2D eigenvalue weighted by molar-refractivity contribution is -0.261. The quantitative estimate of drug-likeness (QED) is 0.337. The summed E-state index contributed by atoms with van der Waals surface area (Å²) in [5, 5.41) is 39.4. The Labute approximate surface area is 86.3 Å². The van der Waals surface area contributed by atoms with Crippen molar-refractivity contribution >= 4 is 5.91 Å². The Kier molecular flexibility index (Phi) is 4.00. The maximum atomic E-state index is 10.8. The minimum Gasteiger partial charge on any atom is -0.394 e. The number of aliphatic hydroxyl groups excluding tert-OH is 4. The first kappa shape index (κ1) is 12.3. The highest BCUT2D eigenvalue weighted by molar-refractivity contribution is 5.73. The zero-order valence-electron chi connectivity index (χ0n) is 8.20. The molecular weight excluding hydrogens is 206 g/mol. The van der Waals surface area contributed by atoms with Crippen molar-refractivity contribution in [3.63, 3.8) is 0 Å². The number of rotatable bonds is 2. The van der Waals surface area contributed by atoms with Crippen LogP contribution in [0.1, 0.15) is 6.92 Å². The van der Waals surface area contributed by atoms with E-state index in [1.165, 1.54) is 6.92 Å². The molecule has 1 amide bonds. The second kappa shape index (κ2) is 4.86. The molecule has 0 aliphatic carbocycles. The first-order valence-corrected chi connectivity index (χ1v) is 4.55. The Morgan fingerprint density at radius 1 is 1.33 bits per heavy atom. The Bertz CT molecular complexity index is 235. The first-order valence-electron chi connectivity index (χ1n) is 4.55. The first-order chi connectivity index (χ1) is 6.97. The Morgan fingerprint density at radius 3 is 2.40 bits per heavy atom. The average molecular weight is 221 g/mol. The zero-order valence-corrected chi connectivity index (χ0v) is 8.20. The lowest BCUT2D eigenvalue weighted by atomic mass is 9.96. The molecule has 7 nitrogen and oxygen atoms in total. The molecule has 1 aliphatic rings. The van der Waals surface area contributed by atoms with Crippen molar-refractivity contribution in [1.29, 1.82) is 0 Å². The molecular formula is C8H15NO6. The fourth-order valence-corrected chi connectivity index (χ4v) is 1.51. The van der Waals surface area contributed by atoms with Gasteiger partial charge in [-0.2, -0.15) is 0 Å². The van der Waals surface area contributed by atoms with Crippen molar-refractivity contribution in [2.75, 3.05) is 6.61 Å². The van der Waals surface area contributed by atoms with Crippen LogP contribution in [0.3, 0.4) is 0 Å². The molecule has 0 aromatic heterocycles. The smallest absolute Gasteiger partial charge is 0.217 e. The summed E-state index contributed by atoms with van der Waals surface area (Å²) >= 11 is 0. The molecule has 0 aromatic carbocycles. The second-order valence-corrected chi connectivity index (χ2v) is 3.46. The van der Waals surface area contributed by atoms with Crippen LogP contribution >= 0.6 is 0 Å². The largest absolute Gasteiger partial charge is 0.394 e. The summed E-state index contributed by atoms with van der Waals surface area (Å²) in [4.78, 5) is 10.8. The van der Waals surface area contributed by atoms with E-state index >= 15 is 0 Å². The molecule has 0 radical (unpaired) electrons. The van der Waals surface area contributed by atoms with Gasteiger partial charge in [0.15, 0.2) is 6.29 Å². The van der Waals surface area contributed by atoms with Gasteiger partial charge in [0.2, 0.25) is 5.91 Å². The molecule has 0 unspecified atom stereocenters. The highest BCUT2D eigenvalue weighted by atomic mass is 16.6. The third kappa shape index (κ3) is 2.64. The number of hydrogen-bond acceptors (Lipinski definition) is 6. The van der Waals surface area contributed by atoms with Gasteiger partial charge in [0.05, 0.1) is 12.6 Å². The van der Waals surface area contributed by atoms with Gasteiger partial charge in [0, 0.05) is 6.92 Å². The number of carbonyl (C=O) groups is 1. The molecule has 88 valence electrons. The molecule has 1 aliphatic heterocycles. The van der Waals surface area contributed by atoms with E-state index in [0.717, 1.165) is 0 Å². The zero-order chi connectivity index (χ0) is 11.6. The van der Waals surface area contributed by atoms with E-state index < -0.39 is 43.2 Å². The van der Waals surface area contributed by atoms with Crippen LogP contribution in [0.15, 0.2) is 0 Å². The van der Waals surface area contributed by atoms with Gasteiger partial charge < -0.3 is 30.5 Å². The average Bonchev–Trinajstić information content (AvgIpc) is 2.18. The van der Waals surface area contributed by atoms with Gasteiger partial charge in [-0.25, -0.2) is 0 Å². The molecule has 15 heavy (non-hydrogen) atoms. The Morgan fingerprint density at radius 2 is 1.93 bits per heavy atom. The molecule has 1 heterocycles. The summed E-state index contributed by atoms with van der Waals surface area (Å²) in [7, 11) is 0. The topological polar surface area (TPSA) is 119 Å². The minimum atomic E-state index is -1.54. The van der Waals surface area contributed by atoms with Crippen molar-refractivity contribution in [2.24, 2.45) is 0 Å². The van der Waals surface area contributed by atoms with Crippen LogP contribution in [-0.4, -0.2) is 63.6 Å². The van der Waals surface area contributed by atoms with Gasteiger partial charge in [0.1, 0.15) is 18.3 Å². The fraction of sp³-hybridized carbons (Fsp3) is 0.875. The van der Waals surface area contributed by atoms with Crippen LogP contribution in [0.4, 0.5) is 0 Å². The number of hydrogen-bond donors (Lipinski definition) is 5. The summed E-state index contributed by atoms with van der Waals surface area (Å²) in [6.07, 6.45) is -5.26. The molecule has 0 aromatic rings. The number of nitrogens with one attached hydrogen (secondary N) is 1. The predicted octanol–water partition coefficient (Wildman–Crippen LogP) is -3.08. The maximum absolute atomic E-state index is 10.8. The van der Waals surface area contributed by atoms with E-state index in [0.29, 0.717) is 0 Å². The number of aliphatic hydroxyl groups is 4. The second-order valence-electron chi connectivity index (χ2n) is 3.46. The van der Waals surface area contributed by atoms with E-state index in [1.54, 1.807) is 0 Å². The van der Waals surface area contributed by atoms with Crippen LogP contribution in [-0.2, 0) is 9.53 Å². The SMILES string of the molecule is CC(=O)N[C@H]1[C@@H](O)[C@@H](O)O[C@H](CO)[C@H]1O. The molecule has 5 N–H and O–H groups in total. The van der Waals surface area contributed by atoms with E-state index in [9.17, 15) is 20.1 Å². The highest BCUT2D eigenvalue weighted by Gasteiger charge is 2.43. The third-order valence-corrected chi connectivity index (χ3v) is 2.27. The van der Waals surface area contributed by atoms with Crippen LogP contribution < -0.4 is 5.32 Å². The van der Waals surface area contributed by atoms with E-state index in [1.807, 2.05) is 0 Å². The van der Waals surface area contributed by atoms with E-state index in [-0.39, 0.29) is 0 Å². The van der Waals surface area contributed by atoms with Crippen LogP contribution in [0.5, 0.6) is 0 Å². The Hall–Kier alpha value is -0.730. The minimum absolute atomic E-state index is 0.455. The number of carbonyl (C=O) groups excluding carboxylic acids is 1. The summed E-state index contributed by atoms with van der Waals surface area (Å²) in [6.45, 7) is 0.705. The third-order valence-electron chi connectivity index (χ3n) is 2.27. The van der Waals surface area contributed by atoms with Gasteiger partial charge >= 0.3 is 0 Å². The van der Waals surface area contributed by atoms with Crippen molar-refractivity contribution < 1.29 is 30.0 Å². The number of amides is 1. The lowest BCUT2D eigenvalue weighted by Crippen LogP contribution is -2.64. The molecule has 0 spiro atoms. The van der Waals surface area contributed by atoms with E-state index in [2.05, 4.69) is 5.32 Å². The summed E-state index contributed by atoms with van der Waals surface area (Å²) in [5.74, 6) is -0.455. The molecule has 7 heteroatoms. The molecule has 0 saturated carbocycles. The van der Waals surface area contributed by atoms with Crippen LogP contribution in [0.25, 0.3) is 0 Å². The van der Waals surface area contributed by atoms with Gasteiger partial charge in [-0.1, -0.05) is 0 Å². The summed E-state index contributed by atoms with van der Waals surface area (Å²) in [6, 6.07) is -1.05. The summed E-state index contributed by atoms with van der Waals surface area (Å²) in [5.41, 5.74) is 0. The molecule has 0 bridgehead atoms. The van der Waals surface area contributed by atoms with Crippen molar-refractivity contribution in [1.82, 2.24) is 5.32 Å². The van der Waals surface area contributed by atoms with Crippen molar-refractivity contribution in [3.05, 3.63) is 0 Å². The maximum Gasteiger partial charge on any atom is 0.217 e. The van der Waals surface area contributed by atoms with Gasteiger partial charge in [0.25, 0.3) is 0 Å². The van der Waals surface area contributed by atoms with Gasteiger partial charge in [-0.15, -0.1) is 0 Å². The van der Waals surface area contributed by atoms with Crippen molar-refractivity contribution in [2.45, 2.75) is 37.6 Å². The predicted molar refractivity (Wildman–Crippen MR) is 47.6 cm³/mol. The summed E-state index contributed by atoms with van der Waals surface area (Å²) < 4.78 is 4.73. The normalized spacial score (nSPS) is 41.3. The standard InChI is InChI=1S/C8H15NO6/c1-3(11)9-5-6(12)4(2-10)15-8(14)7(5)13/h4-8,10,12-14H,2H2,1H3,(H,9,11)/t4-,5-,6-,7-,8+/m1/s1. The van der Waals surface area contributed by atoms with E-state index in [4.69, 9.17) is 9.84 Å². The number of ether oxygens (including phenoxy) is 1. The molecule has 1 fully saturated rings. The molecule has 1 rings (SSSR count). The Balaban J connectivity index is 2.74. The monoisotopic (exact) mass is 221 g/mol. The molecule has 1 saturated heterocycles. The van der Waals surface area contributed by atoms with Crippen LogP contribution in [0.2, 0.25) is 0 Å². The van der Waals surface area contributed by atoms with Crippen molar-refractivity contribution in [3.8, 4) is 0 Å². The fourth-order valence-electron chi connectivity index (χ4n) is 1.51. The van der Waals surface area contributed by atoms with Crippen LogP contribution in [0, 0.1) is 0 Å².